The summed E-state index contributed by atoms with van der Waals surface area (Å²) in [7, 11) is 0. The van der Waals surface area contributed by atoms with E-state index < -0.39 is 0 Å². The summed E-state index contributed by atoms with van der Waals surface area (Å²) in [5.41, 5.74) is 0. The van der Waals surface area contributed by atoms with E-state index in [0.29, 0.717) is 0 Å². The number of hydrogen-bond acceptors (Lipinski definition) is 2. The van der Waals surface area contributed by atoms with E-state index in [1.165, 1.54) is 19.3 Å². The van der Waals surface area contributed by atoms with E-state index >= 15 is 0 Å². The Bertz CT molecular complexity index is 94.1. The predicted octanol–water partition coefficient (Wildman–Crippen LogP) is 2.82. The lowest BCUT2D eigenvalue weighted by Crippen LogP contribution is -2.17. The molecule has 0 saturated carbocycles. The SMILES string of the molecule is C[CH]COC(C)COCCCCC. The Morgan fingerprint density at radius 1 is 1.31 bits per heavy atom. The quantitative estimate of drug-likeness (QED) is 0.517. The summed E-state index contributed by atoms with van der Waals surface area (Å²) in [5.74, 6) is 0. The van der Waals surface area contributed by atoms with Crippen LogP contribution in [0, 0.1) is 6.42 Å². The zero-order chi connectivity index (χ0) is 9.94. The molecule has 0 amide bonds. The molecule has 1 atom stereocenters. The Morgan fingerprint density at radius 2 is 2.08 bits per heavy atom. The molecule has 1 unspecified atom stereocenters. The molecule has 0 heterocycles. The summed E-state index contributed by atoms with van der Waals surface area (Å²) in [6.45, 7) is 8.55. The Morgan fingerprint density at radius 3 is 2.69 bits per heavy atom. The topological polar surface area (TPSA) is 18.5 Å². The molecular weight excluding hydrogens is 164 g/mol. The second kappa shape index (κ2) is 10.0. The third-order valence-corrected chi connectivity index (χ3v) is 1.79. The number of rotatable bonds is 9. The minimum absolute atomic E-state index is 0.220. The standard InChI is InChI=1S/C11H23O2/c1-4-6-7-9-12-10-11(3)13-8-5-2/h5,11H,4,6-10H2,1-3H3. The summed E-state index contributed by atoms with van der Waals surface area (Å²) in [4.78, 5) is 0. The first kappa shape index (κ1) is 12.9. The van der Waals surface area contributed by atoms with Crippen molar-refractivity contribution >= 4 is 0 Å². The molecule has 0 aromatic heterocycles. The summed E-state index contributed by atoms with van der Waals surface area (Å²) < 4.78 is 10.9. The van der Waals surface area contributed by atoms with Gasteiger partial charge in [0.15, 0.2) is 0 Å². The van der Waals surface area contributed by atoms with Gasteiger partial charge in [0, 0.05) is 13.2 Å². The fourth-order valence-corrected chi connectivity index (χ4v) is 1.01. The molecule has 0 aliphatic heterocycles. The van der Waals surface area contributed by atoms with Gasteiger partial charge < -0.3 is 9.47 Å². The van der Waals surface area contributed by atoms with Crippen LogP contribution in [0.2, 0.25) is 0 Å². The highest BCUT2D eigenvalue weighted by molar-refractivity contribution is 4.55. The highest BCUT2D eigenvalue weighted by atomic mass is 16.5. The van der Waals surface area contributed by atoms with Crippen LogP contribution in [0.15, 0.2) is 0 Å². The van der Waals surface area contributed by atoms with E-state index in [0.717, 1.165) is 19.8 Å². The molecule has 2 heteroatoms. The highest BCUT2D eigenvalue weighted by Crippen LogP contribution is 1.97. The fraction of sp³-hybridized carbons (Fsp3) is 0.909. The molecule has 0 spiro atoms. The monoisotopic (exact) mass is 187 g/mol. The third kappa shape index (κ3) is 9.84. The van der Waals surface area contributed by atoms with Gasteiger partial charge in [-0.25, -0.2) is 0 Å². The molecule has 0 N–H and O–H groups in total. The number of unbranched alkanes of at least 4 members (excludes halogenated alkanes) is 2. The second-order valence-corrected chi connectivity index (χ2v) is 3.33. The molecular formula is C11H23O2. The molecule has 0 fully saturated rings. The number of ether oxygens (including phenoxy) is 2. The van der Waals surface area contributed by atoms with Crippen molar-refractivity contribution in [3.8, 4) is 0 Å². The van der Waals surface area contributed by atoms with E-state index in [1.54, 1.807) is 0 Å². The molecule has 0 bridgehead atoms. The van der Waals surface area contributed by atoms with E-state index in [-0.39, 0.29) is 6.10 Å². The van der Waals surface area contributed by atoms with Crippen molar-refractivity contribution in [2.45, 2.75) is 46.1 Å². The maximum atomic E-state index is 5.46. The Labute approximate surface area is 82.6 Å². The van der Waals surface area contributed by atoms with E-state index in [2.05, 4.69) is 6.92 Å². The van der Waals surface area contributed by atoms with Gasteiger partial charge in [0.05, 0.1) is 12.7 Å². The molecule has 0 rings (SSSR count). The van der Waals surface area contributed by atoms with Gasteiger partial charge >= 0.3 is 0 Å². The van der Waals surface area contributed by atoms with Crippen LogP contribution in [-0.2, 0) is 9.47 Å². The Hall–Kier alpha value is -0.0800. The minimum Gasteiger partial charge on any atom is -0.379 e. The summed E-state index contributed by atoms with van der Waals surface area (Å²) in [6.07, 6.45) is 5.91. The van der Waals surface area contributed by atoms with Crippen molar-refractivity contribution in [2.75, 3.05) is 19.8 Å². The average Bonchev–Trinajstić information content (AvgIpc) is 2.14. The highest BCUT2D eigenvalue weighted by Gasteiger charge is 2.00. The molecule has 1 radical (unpaired) electrons. The predicted molar refractivity (Wildman–Crippen MR) is 55.7 cm³/mol. The van der Waals surface area contributed by atoms with Crippen LogP contribution < -0.4 is 0 Å². The van der Waals surface area contributed by atoms with Gasteiger partial charge in [0.1, 0.15) is 0 Å². The minimum atomic E-state index is 0.220. The van der Waals surface area contributed by atoms with Crippen molar-refractivity contribution in [3.63, 3.8) is 0 Å². The first-order chi connectivity index (χ1) is 6.31. The molecule has 0 aliphatic carbocycles. The molecule has 2 nitrogen and oxygen atoms in total. The maximum Gasteiger partial charge on any atom is 0.0780 e. The van der Waals surface area contributed by atoms with Crippen molar-refractivity contribution < 1.29 is 9.47 Å². The largest absolute Gasteiger partial charge is 0.379 e. The second-order valence-electron chi connectivity index (χ2n) is 3.33. The van der Waals surface area contributed by atoms with Crippen LogP contribution in [-0.4, -0.2) is 25.9 Å². The third-order valence-electron chi connectivity index (χ3n) is 1.79. The van der Waals surface area contributed by atoms with Crippen LogP contribution in [0.3, 0.4) is 0 Å². The molecule has 79 valence electrons. The molecule has 0 saturated heterocycles. The lowest BCUT2D eigenvalue weighted by Gasteiger charge is -2.12. The summed E-state index contributed by atoms with van der Waals surface area (Å²) in [6, 6.07) is 0. The summed E-state index contributed by atoms with van der Waals surface area (Å²) >= 11 is 0. The molecule has 13 heavy (non-hydrogen) atoms. The normalized spacial score (nSPS) is 13.2. The van der Waals surface area contributed by atoms with Crippen LogP contribution >= 0.6 is 0 Å². The zero-order valence-electron chi connectivity index (χ0n) is 9.21. The van der Waals surface area contributed by atoms with E-state index in [4.69, 9.17) is 9.47 Å². The van der Waals surface area contributed by atoms with Crippen LogP contribution in [0.5, 0.6) is 0 Å². The van der Waals surface area contributed by atoms with Gasteiger partial charge in [-0.3, -0.25) is 0 Å². The molecule has 0 aromatic carbocycles. The van der Waals surface area contributed by atoms with Crippen LogP contribution in [0.4, 0.5) is 0 Å². The van der Waals surface area contributed by atoms with Gasteiger partial charge in [-0.05, 0) is 19.8 Å². The van der Waals surface area contributed by atoms with Gasteiger partial charge in [0.25, 0.3) is 0 Å². The van der Waals surface area contributed by atoms with Gasteiger partial charge in [-0.15, -0.1) is 0 Å². The van der Waals surface area contributed by atoms with Crippen molar-refractivity contribution in [3.05, 3.63) is 6.42 Å². The first-order valence-corrected chi connectivity index (χ1v) is 5.28. The Kier molecular flexibility index (Phi) is 9.94. The van der Waals surface area contributed by atoms with Crippen molar-refractivity contribution in [2.24, 2.45) is 0 Å². The lowest BCUT2D eigenvalue weighted by atomic mass is 10.3. The summed E-state index contributed by atoms with van der Waals surface area (Å²) in [5, 5.41) is 0. The smallest absolute Gasteiger partial charge is 0.0780 e. The average molecular weight is 187 g/mol. The maximum absolute atomic E-state index is 5.46. The van der Waals surface area contributed by atoms with Gasteiger partial charge in [-0.2, -0.15) is 0 Å². The van der Waals surface area contributed by atoms with Crippen molar-refractivity contribution in [1.82, 2.24) is 0 Å². The van der Waals surface area contributed by atoms with Crippen LogP contribution in [0.25, 0.3) is 0 Å². The van der Waals surface area contributed by atoms with Gasteiger partial charge in [-0.1, -0.05) is 26.7 Å². The lowest BCUT2D eigenvalue weighted by molar-refractivity contribution is 0.000557. The molecule has 0 aliphatic rings. The first-order valence-electron chi connectivity index (χ1n) is 5.28. The van der Waals surface area contributed by atoms with E-state index in [9.17, 15) is 0 Å². The van der Waals surface area contributed by atoms with Crippen molar-refractivity contribution in [1.29, 1.82) is 0 Å². The van der Waals surface area contributed by atoms with Gasteiger partial charge in [0.2, 0.25) is 0 Å². The van der Waals surface area contributed by atoms with E-state index in [1.807, 2.05) is 20.3 Å². The van der Waals surface area contributed by atoms with Crippen LogP contribution in [0.1, 0.15) is 40.0 Å². The Balaban J connectivity index is 3.03. The fourth-order valence-electron chi connectivity index (χ4n) is 1.01. The molecule has 0 aromatic rings. The zero-order valence-corrected chi connectivity index (χ0v) is 9.21. The number of hydrogen-bond donors (Lipinski definition) is 0.